The highest BCUT2D eigenvalue weighted by atomic mass is 15.0. The molecule has 3 heteroatoms. The number of aliphatic imine (C=N–C) groups is 1. The first-order valence-corrected chi connectivity index (χ1v) is 6.19. The van der Waals surface area contributed by atoms with Crippen molar-refractivity contribution in [1.29, 1.82) is 0 Å². The van der Waals surface area contributed by atoms with Gasteiger partial charge in [-0.2, -0.15) is 0 Å². The summed E-state index contributed by atoms with van der Waals surface area (Å²) >= 11 is 0. The van der Waals surface area contributed by atoms with Crippen LogP contribution in [0, 0.1) is 0 Å². The molecular weight excluding hydrogens is 198 g/mol. The number of hydrogen-bond acceptors (Lipinski definition) is 3. The fourth-order valence-electron chi connectivity index (χ4n) is 2.09. The van der Waals surface area contributed by atoms with E-state index in [-0.39, 0.29) is 0 Å². The minimum Gasteiger partial charge on any atom is -0.367 e. The van der Waals surface area contributed by atoms with Crippen molar-refractivity contribution in [3.8, 4) is 0 Å². The fourth-order valence-corrected chi connectivity index (χ4v) is 2.09. The van der Waals surface area contributed by atoms with E-state index in [1.54, 1.807) is 0 Å². The topological polar surface area (TPSA) is 37.3 Å². The Kier molecular flexibility index (Phi) is 2.60. The summed E-state index contributed by atoms with van der Waals surface area (Å²) in [6.07, 6.45) is 8.01. The predicted molar refractivity (Wildman–Crippen MR) is 66.1 cm³/mol. The Labute approximate surface area is 96.0 Å². The molecule has 84 valence electrons. The van der Waals surface area contributed by atoms with Gasteiger partial charge in [-0.3, -0.25) is 4.99 Å². The summed E-state index contributed by atoms with van der Waals surface area (Å²) in [6.45, 7) is 0.979. The molecule has 0 bridgehead atoms. The van der Waals surface area contributed by atoms with Gasteiger partial charge in [-0.25, -0.2) is 4.98 Å². The third kappa shape index (κ3) is 2.08. The van der Waals surface area contributed by atoms with Gasteiger partial charge in [0.05, 0.1) is 0 Å². The maximum absolute atomic E-state index is 4.62. The second kappa shape index (κ2) is 4.24. The minimum atomic E-state index is 0.651. The summed E-state index contributed by atoms with van der Waals surface area (Å²) in [7, 11) is 0. The zero-order valence-electron chi connectivity index (χ0n) is 9.45. The Hall–Kier alpha value is -1.38. The molecule has 3 rings (SSSR count). The van der Waals surface area contributed by atoms with Gasteiger partial charge in [0.25, 0.3) is 0 Å². The lowest BCUT2D eigenvalue weighted by molar-refractivity contribution is 0.738. The third-order valence-electron chi connectivity index (χ3n) is 3.16. The van der Waals surface area contributed by atoms with E-state index in [0.29, 0.717) is 6.04 Å². The van der Waals surface area contributed by atoms with Crippen molar-refractivity contribution in [3.05, 3.63) is 23.9 Å². The quantitative estimate of drug-likeness (QED) is 0.841. The third-order valence-corrected chi connectivity index (χ3v) is 3.16. The molecule has 0 unspecified atom stereocenters. The summed E-state index contributed by atoms with van der Waals surface area (Å²) in [5.41, 5.74) is 2.46. The van der Waals surface area contributed by atoms with Crippen LogP contribution in [0.3, 0.4) is 0 Å². The average molecular weight is 215 g/mol. The number of anilines is 1. The minimum absolute atomic E-state index is 0.651. The van der Waals surface area contributed by atoms with Crippen molar-refractivity contribution in [2.45, 2.75) is 38.1 Å². The molecule has 1 aromatic heterocycles. The number of aromatic nitrogens is 1. The molecule has 0 saturated heterocycles. The fraction of sp³-hybridized carbons (Fsp3) is 0.538. The molecule has 16 heavy (non-hydrogen) atoms. The molecule has 1 fully saturated rings. The van der Waals surface area contributed by atoms with Crippen LogP contribution < -0.4 is 5.32 Å². The molecule has 1 aliphatic carbocycles. The van der Waals surface area contributed by atoms with E-state index in [2.05, 4.69) is 21.4 Å². The second-order valence-electron chi connectivity index (χ2n) is 4.60. The Bertz CT molecular complexity index is 407. The number of rotatable bonds is 3. The first kappa shape index (κ1) is 9.82. The Morgan fingerprint density at radius 2 is 2.19 bits per heavy atom. The van der Waals surface area contributed by atoms with E-state index in [1.165, 1.54) is 37.0 Å². The van der Waals surface area contributed by atoms with Crippen LogP contribution in [-0.4, -0.2) is 23.3 Å². The zero-order valence-corrected chi connectivity index (χ0v) is 9.45. The maximum atomic E-state index is 4.62. The van der Waals surface area contributed by atoms with Crippen molar-refractivity contribution >= 4 is 11.5 Å². The maximum Gasteiger partial charge on any atom is 0.135 e. The molecule has 3 nitrogen and oxygen atoms in total. The van der Waals surface area contributed by atoms with Crippen molar-refractivity contribution in [1.82, 2.24) is 4.98 Å². The van der Waals surface area contributed by atoms with Crippen molar-refractivity contribution in [3.63, 3.8) is 0 Å². The van der Waals surface area contributed by atoms with Gasteiger partial charge in [0, 0.05) is 30.1 Å². The molecule has 1 N–H and O–H groups in total. The van der Waals surface area contributed by atoms with Crippen LogP contribution in [0.4, 0.5) is 5.82 Å². The Morgan fingerprint density at radius 3 is 2.94 bits per heavy atom. The number of nitrogens with one attached hydrogen (secondary N) is 1. The van der Waals surface area contributed by atoms with E-state index in [0.717, 1.165) is 18.8 Å². The lowest BCUT2D eigenvalue weighted by Crippen LogP contribution is -2.13. The highest BCUT2D eigenvalue weighted by Gasteiger charge is 2.23. The first-order chi connectivity index (χ1) is 7.93. The summed E-state index contributed by atoms with van der Waals surface area (Å²) in [6, 6.07) is 4.80. The Morgan fingerprint density at radius 1 is 1.25 bits per heavy atom. The SMILES string of the molecule is c1cnc(NC2CC2)c(C2=NCCCC2)c1. The van der Waals surface area contributed by atoms with Crippen LogP contribution in [0.2, 0.25) is 0 Å². The first-order valence-electron chi connectivity index (χ1n) is 6.19. The van der Waals surface area contributed by atoms with Crippen LogP contribution in [0.1, 0.15) is 37.7 Å². The van der Waals surface area contributed by atoms with Crippen LogP contribution in [-0.2, 0) is 0 Å². The lowest BCUT2D eigenvalue weighted by atomic mass is 10.0. The van der Waals surface area contributed by atoms with Crippen molar-refractivity contribution < 1.29 is 0 Å². The predicted octanol–water partition coefficient (Wildman–Crippen LogP) is 2.63. The van der Waals surface area contributed by atoms with Gasteiger partial charge in [-0.15, -0.1) is 0 Å². The Balaban J connectivity index is 1.88. The largest absolute Gasteiger partial charge is 0.367 e. The van der Waals surface area contributed by atoms with Crippen LogP contribution in [0.5, 0.6) is 0 Å². The van der Waals surface area contributed by atoms with E-state index < -0.39 is 0 Å². The molecule has 1 saturated carbocycles. The normalized spacial score (nSPS) is 20.4. The molecule has 2 aliphatic rings. The summed E-state index contributed by atoms with van der Waals surface area (Å²) in [4.78, 5) is 9.07. The number of hydrogen-bond donors (Lipinski definition) is 1. The molecule has 1 aliphatic heterocycles. The summed E-state index contributed by atoms with van der Waals surface area (Å²) < 4.78 is 0. The van der Waals surface area contributed by atoms with Gasteiger partial charge < -0.3 is 5.32 Å². The van der Waals surface area contributed by atoms with Gasteiger partial charge in [-0.1, -0.05) is 0 Å². The van der Waals surface area contributed by atoms with E-state index in [9.17, 15) is 0 Å². The number of pyridine rings is 1. The highest BCUT2D eigenvalue weighted by Crippen LogP contribution is 2.26. The van der Waals surface area contributed by atoms with Gasteiger partial charge in [-0.05, 0) is 44.2 Å². The van der Waals surface area contributed by atoms with Crippen molar-refractivity contribution in [2.24, 2.45) is 4.99 Å². The zero-order chi connectivity index (χ0) is 10.8. The van der Waals surface area contributed by atoms with E-state index in [1.807, 2.05) is 12.3 Å². The van der Waals surface area contributed by atoms with Crippen molar-refractivity contribution in [2.75, 3.05) is 11.9 Å². The molecule has 0 atom stereocenters. The molecule has 0 amide bonds. The van der Waals surface area contributed by atoms with E-state index in [4.69, 9.17) is 0 Å². The molecule has 0 aromatic carbocycles. The second-order valence-corrected chi connectivity index (χ2v) is 4.60. The van der Waals surface area contributed by atoms with Gasteiger partial charge >= 0.3 is 0 Å². The molecule has 0 radical (unpaired) electrons. The smallest absolute Gasteiger partial charge is 0.135 e. The molecular formula is C13H17N3. The van der Waals surface area contributed by atoms with Crippen LogP contribution in [0.15, 0.2) is 23.3 Å². The highest BCUT2D eigenvalue weighted by molar-refractivity contribution is 6.04. The van der Waals surface area contributed by atoms with Gasteiger partial charge in [0.1, 0.15) is 5.82 Å². The standard InChI is InChI=1S/C13H17N3/c1-2-8-14-12(5-1)11-4-3-9-15-13(11)16-10-6-7-10/h3-4,9-10H,1-2,5-8H2,(H,15,16). The van der Waals surface area contributed by atoms with Gasteiger partial charge in [0.15, 0.2) is 0 Å². The average Bonchev–Trinajstić information content (AvgIpc) is 3.15. The lowest BCUT2D eigenvalue weighted by Gasteiger charge is -2.15. The molecule has 2 heterocycles. The summed E-state index contributed by atoms with van der Waals surface area (Å²) in [5, 5.41) is 3.49. The van der Waals surface area contributed by atoms with Crippen LogP contribution >= 0.6 is 0 Å². The molecule has 1 aromatic rings. The molecule has 0 spiro atoms. The summed E-state index contributed by atoms with van der Waals surface area (Å²) in [5.74, 6) is 1.03. The number of nitrogens with zero attached hydrogens (tertiary/aromatic N) is 2. The van der Waals surface area contributed by atoms with Gasteiger partial charge in [0.2, 0.25) is 0 Å². The van der Waals surface area contributed by atoms with E-state index >= 15 is 0 Å². The monoisotopic (exact) mass is 215 g/mol. The van der Waals surface area contributed by atoms with Crippen LogP contribution in [0.25, 0.3) is 0 Å².